The number of rotatable bonds is 4. The fourth-order valence-corrected chi connectivity index (χ4v) is 1.72. The average Bonchev–Trinajstić information content (AvgIpc) is 2.39. The Bertz CT molecular complexity index is 569. The van der Waals surface area contributed by atoms with Crippen LogP contribution < -0.4 is 15.2 Å². The van der Waals surface area contributed by atoms with Crippen molar-refractivity contribution in [3.05, 3.63) is 54.1 Å². The van der Waals surface area contributed by atoms with Gasteiger partial charge in [0, 0.05) is 6.07 Å². The Morgan fingerprint density at radius 3 is 2.50 bits per heavy atom. The summed E-state index contributed by atoms with van der Waals surface area (Å²) < 4.78 is 10.9. The van der Waals surface area contributed by atoms with Crippen molar-refractivity contribution < 1.29 is 9.47 Å². The molecule has 0 saturated heterocycles. The van der Waals surface area contributed by atoms with E-state index < -0.39 is 0 Å². The SMILES string of the molecule is COc1cccc(Oc2ccccc2C(N)=S)c1. The average molecular weight is 259 g/mol. The summed E-state index contributed by atoms with van der Waals surface area (Å²) in [6.07, 6.45) is 0. The fraction of sp³-hybridized carbons (Fsp3) is 0.0714. The van der Waals surface area contributed by atoms with Gasteiger partial charge in [-0.15, -0.1) is 0 Å². The van der Waals surface area contributed by atoms with Crippen molar-refractivity contribution in [3.63, 3.8) is 0 Å². The summed E-state index contributed by atoms with van der Waals surface area (Å²) in [7, 11) is 1.61. The van der Waals surface area contributed by atoms with E-state index in [4.69, 9.17) is 27.4 Å². The van der Waals surface area contributed by atoms with Gasteiger partial charge in [0.2, 0.25) is 0 Å². The molecule has 18 heavy (non-hydrogen) atoms. The van der Waals surface area contributed by atoms with Crippen LogP contribution in [0.25, 0.3) is 0 Å². The lowest BCUT2D eigenvalue weighted by Crippen LogP contribution is -2.10. The lowest BCUT2D eigenvalue weighted by atomic mass is 10.2. The highest BCUT2D eigenvalue weighted by molar-refractivity contribution is 7.80. The first-order chi connectivity index (χ1) is 8.70. The standard InChI is InChI=1S/C14H13NO2S/c1-16-10-5-4-6-11(9-10)17-13-8-3-2-7-12(13)14(15)18/h2-9H,1H3,(H2,15,18). The highest BCUT2D eigenvalue weighted by atomic mass is 32.1. The number of hydrogen-bond donors (Lipinski definition) is 1. The maximum absolute atomic E-state index is 5.77. The monoisotopic (exact) mass is 259 g/mol. The molecule has 0 amide bonds. The molecule has 0 bridgehead atoms. The maximum atomic E-state index is 5.77. The number of ether oxygens (including phenoxy) is 2. The Morgan fingerprint density at radius 1 is 1.06 bits per heavy atom. The van der Waals surface area contributed by atoms with Gasteiger partial charge in [-0.2, -0.15) is 0 Å². The number of benzene rings is 2. The third-order valence-corrected chi connectivity index (χ3v) is 2.64. The smallest absolute Gasteiger partial charge is 0.137 e. The van der Waals surface area contributed by atoms with Crippen molar-refractivity contribution in [2.24, 2.45) is 5.73 Å². The molecule has 0 aliphatic carbocycles. The minimum Gasteiger partial charge on any atom is -0.497 e. The number of hydrogen-bond acceptors (Lipinski definition) is 3. The van der Waals surface area contributed by atoms with Crippen LogP contribution in [0.5, 0.6) is 17.2 Å². The Labute approximate surface area is 111 Å². The molecule has 0 heterocycles. The van der Waals surface area contributed by atoms with E-state index in [9.17, 15) is 0 Å². The van der Waals surface area contributed by atoms with Crippen LogP contribution in [0.3, 0.4) is 0 Å². The zero-order valence-electron chi connectivity index (χ0n) is 9.92. The number of thiocarbonyl (C=S) groups is 1. The highest BCUT2D eigenvalue weighted by Gasteiger charge is 2.06. The van der Waals surface area contributed by atoms with Gasteiger partial charge in [0.05, 0.1) is 12.7 Å². The Kier molecular flexibility index (Phi) is 3.79. The van der Waals surface area contributed by atoms with Crippen LogP contribution in [0.4, 0.5) is 0 Å². The first-order valence-electron chi connectivity index (χ1n) is 5.41. The van der Waals surface area contributed by atoms with Crippen molar-refractivity contribution in [3.8, 4) is 17.2 Å². The van der Waals surface area contributed by atoms with E-state index in [1.807, 2.05) is 42.5 Å². The molecule has 0 aromatic heterocycles. The summed E-state index contributed by atoms with van der Waals surface area (Å²) in [6, 6.07) is 14.8. The van der Waals surface area contributed by atoms with E-state index in [0.717, 1.165) is 11.3 Å². The van der Waals surface area contributed by atoms with Gasteiger partial charge in [0.1, 0.15) is 22.2 Å². The highest BCUT2D eigenvalue weighted by Crippen LogP contribution is 2.27. The fourth-order valence-electron chi connectivity index (χ4n) is 1.55. The van der Waals surface area contributed by atoms with Gasteiger partial charge in [-0.05, 0) is 24.3 Å². The number of methoxy groups -OCH3 is 1. The van der Waals surface area contributed by atoms with Crippen molar-refractivity contribution in [1.82, 2.24) is 0 Å². The molecule has 3 nitrogen and oxygen atoms in total. The van der Waals surface area contributed by atoms with Crippen molar-refractivity contribution >= 4 is 17.2 Å². The second-order valence-corrected chi connectivity index (χ2v) is 4.08. The zero-order valence-corrected chi connectivity index (χ0v) is 10.7. The largest absolute Gasteiger partial charge is 0.497 e. The van der Waals surface area contributed by atoms with Gasteiger partial charge in [0.15, 0.2) is 0 Å². The van der Waals surface area contributed by atoms with Crippen LogP contribution in [0.2, 0.25) is 0 Å². The van der Waals surface area contributed by atoms with Crippen LogP contribution in [-0.4, -0.2) is 12.1 Å². The normalized spacial score (nSPS) is 9.83. The van der Waals surface area contributed by atoms with E-state index in [1.54, 1.807) is 13.2 Å². The van der Waals surface area contributed by atoms with Crippen LogP contribution in [0, 0.1) is 0 Å². The molecule has 0 atom stereocenters. The minimum atomic E-state index is 0.313. The summed E-state index contributed by atoms with van der Waals surface area (Å²) in [4.78, 5) is 0.313. The van der Waals surface area contributed by atoms with Crippen LogP contribution in [-0.2, 0) is 0 Å². The van der Waals surface area contributed by atoms with E-state index in [-0.39, 0.29) is 0 Å². The summed E-state index contributed by atoms with van der Waals surface area (Å²) in [5.41, 5.74) is 6.37. The zero-order chi connectivity index (χ0) is 13.0. The van der Waals surface area contributed by atoms with Crippen molar-refractivity contribution in [2.75, 3.05) is 7.11 Å². The molecule has 2 rings (SSSR count). The number of para-hydroxylation sites is 1. The molecule has 2 aromatic rings. The van der Waals surface area contributed by atoms with Gasteiger partial charge >= 0.3 is 0 Å². The topological polar surface area (TPSA) is 44.5 Å². The molecule has 0 radical (unpaired) electrons. The van der Waals surface area contributed by atoms with E-state index in [2.05, 4.69) is 0 Å². The Balaban J connectivity index is 2.31. The van der Waals surface area contributed by atoms with Gasteiger partial charge < -0.3 is 15.2 Å². The van der Waals surface area contributed by atoms with E-state index in [0.29, 0.717) is 16.5 Å². The molecule has 4 heteroatoms. The van der Waals surface area contributed by atoms with E-state index in [1.165, 1.54) is 0 Å². The molecule has 0 fully saturated rings. The Hall–Kier alpha value is -2.07. The van der Waals surface area contributed by atoms with Crippen LogP contribution in [0.15, 0.2) is 48.5 Å². The quantitative estimate of drug-likeness (QED) is 0.857. The minimum absolute atomic E-state index is 0.313. The second-order valence-electron chi connectivity index (χ2n) is 3.64. The lowest BCUT2D eigenvalue weighted by molar-refractivity contribution is 0.409. The molecule has 0 spiro atoms. The van der Waals surface area contributed by atoms with Crippen LogP contribution >= 0.6 is 12.2 Å². The molecular formula is C14H13NO2S. The van der Waals surface area contributed by atoms with Gasteiger partial charge in [-0.25, -0.2) is 0 Å². The predicted molar refractivity (Wildman–Crippen MR) is 75.4 cm³/mol. The molecule has 2 N–H and O–H groups in total. The second kappa shape index (κ2) is 5.51. The number of nitrogens with two attached hydrogens (primary N) is 1. The Morgan fingerprint density at radius 2 is 1.78 bits per heavy atom. The van der Waals surface area contributed by atoms with Crippen LogP contribution in [0.1, 0.15) is 5.56 Å². The summed E-state index contributed by atoms with van der Waals surface area (Å²) in [5, 5.41) is 0. The molecule has 2 aromatic carbocycles. The first kappa shape index (κ1) is 12.4. The lowest BCUT2D eigenvalue weighted by Gasteiger charge is -2.10. The van der Waals surface area contributed by atoms with Crippen molar-refractivity contribution in [1.29, 1.82) is 0 Å². The third-order valence-electron chi connectivity index (χ3n) is 2.42. The maximum Gasteiger partial charge on any atom is 0.137 e. The van der Waals surface area contributed by atoms with Gasteiger partial charge in [0.25, 0.3) is 0 Å². The predicted octanol–water partition coefficient (Wildman–Crippen LogP) is 3.12. The molecule has 0 aliphatic heterocycles. The molecular weight excluding hydrogens is 246 g/mol. The summed E-state index contributed by atoms with van der Waals surface area (Å²) in [6.45, 7) is 0. The van der Waals surface area contributed by atoms with Crippen molar-refractivity contribution in [2.45, 2.75) is 0 Å². The summed E-state index contributed by atoms with van der Waals surface area (Å²) >= 11 is 4.99. The molecule has 0 unspecified atom stereocenters. The third kappa shape index (κ3) is 2.78. The first-order valence-corrected chi connectivity index (χ1v) is 5.82. The van der Waals surface area contributed by atoms with Gasteiger partial charge in [-0.1, -0.05) is 30.4 Å². The van der Waals surface area contributed by atoms with E-state index >= 15 is 0 Å². The molecule has 92 valence electrons. The summed E-state index contributed by atoms with van der Waals surface area (Å²) in [5.74, 6) is 2.05. The van der Waals surface area contributed by atoms with Gasteiger partial charge in [-0.3, -0.25) is 0 Å². The molecule has 0 saturated carbocycles. The molecule has 0 aliphatic rings.